The van der Waals surface area contributed by atoms with Crippen LogP contribution in [0.5, 0.6) is 0 Å². The van der Waals surface area contributed by atoms with Gasteiger partial charge in [-0.05, 0) is 6.21 Å². The first kappa shape index (κ1) is 16.6. The Morgan fingerprint density at radius 3 is 2.39 bits per heavy atom. The van der Waals surface area contributed by atoms with Gasteiger partial charge < -0.3 is 20.0 Å². The van der Waals surface area contributed by atoms with Crippen LogP contribution in [0.4, 0.5) is 0 Å². The van der Waals surface area contributed by atoms with E-state index in [0.29, 0.717) is 0 Å². The van der Waals surface area contributed by atoms with Gasteiger partial charge in [-0.2, -0.15) is 0 Å². The van der Waals surface area contributed by atoms with Gasteiger partial charge in [-0.25, -0.2) is 0 Å². The van der Waals surface area contributed by atoms with Crippen LogP contribution in [0.15, 0.2) is 0 Å². The zero-order chi connectivity index (χ0) is 14.0. The first-order valence-electron chi connectivity index (χ1n) is 6.05. The molecule has 0 spiro atoms. The van der Waals surface area contributed by atoms with E-state index in [1.807, 2.05) is 0 Å². The zero-order valence-electron chi connectivity index (χ0n) is 10.8. The van der Waals surface area contributed by atoms with E-state index in [9.17, 15) is 14.7 Å². The Balaban J connectivity index is 4.09. The minimum absolute atomic E-state index is 0.120. The van der Waals surface area contributed by atoms with E-state index in [2.05, 4.69) is 0 Å². The molecule has 0 saturated carbocycles. The maximum Gasteiger partial charge on any atom is 0.305 e. The molecule has 0 fully saturated rings. The monoisotopic (exact) mass is 259 g/mol. The van der Waals surface area contributed by atoms with Crippen LogP contribution in [-0.2, 0) is 19.1 Å². The lowest BCUT2D eigenvalue weighted by molar-refractivity contribution is -0.153. The summed E-state index contributed by atoms with van der Waals surface area (Å²) in [5.74, 6) is -0.761. The Labute approximate surface area is 107 Å². The molecule has 2 N–H and O–H groups in total. The summed E-state index contributed by atoms with van der Waals surface area (Å²) in [7, 11) is 0. The Morgan fingerprint density at radius 2 is 1.89 bits per heavy atom. The number of rotatable bonds is 9. The summed E-state index contributed by atoms with van der Waals surface area (Å²) in [4.78, 5) is 22.0. The van der Waals surface area contributed by atoms with E-state index < -0.39 is 12.2 Å². The molecule has 0 saturated heterocycles. The lowest BCUT2D eigenvalue weighted by Gasteiger charge is -2.19. The summed E-state index contributed by atoms with van der Waals surface area (Å²) < 4.78 is 9.83. The smallest absolute Gasteiger partial charge is 0.305 e. The summed E-state index contributed by atoms with van der Waals surface area (Å²) in [5, 5.41) is 16.6. The highest BCUT2D eigenvalue weighted by Crippen LogP contribution is 2.08. The van der Waals surface area contributed by atoms with Crippen LogP contribution in [-0.4, -0.2) is 42.1 Å². The molecule has 2 atom stereocenters. The molecule has 6 nitrogen and oxygen atoms in total. The van der Waals surface area contributed by atoms with Crippen LogP contribution in [0, 0.1) is 5.41 Å². The molecule has 104 valence electrons. The van der Waals surface area contributed by atoms with Gasteiger partial charge in [-0.3, -0.25) is 9.59 Å². The molecule has 0 aliphatic rings. The van der Waals surface area contributed by atoms with Crippen LogP contribution in [0.1, 0.15) is 39.5 Å². The third kappa shape index (κ3) is 7.78. The normalized spacial score (nSPS) is 13.5. The van der Waals surface area contributed by atoms with E-state index in [1.165, 1.54) is 0 Å². The van der Waals surface area contributed by atoms with E-state index in [1.54, 1.807) is 13.8 Å². The number of ether oxygens (including phenoxy) is 2. The number of carbonyl (C=O) groups is 2. The molecule has 6 heteroatoms. The first-order valence-corrected chi connectivity index (χ1v) is 6.05. The second-order valence-electron chi connectivity index (χ2n) is 3.83. The summed E-state index contributed by atoms with van der Waals surface area (Å²) in [5.41, 5.74) is 0. The molecule has 0 aliphatic heterocycles. The first-order chi connectivity index (χ1) is 8.53. The second kappa shape index (κ2) is 9.58. The highest BCUT2D eigenvalue weighted by molar-refractivity contribution is 5.69. The minimum Gasteiger partial charge on any atom is -0.463 e. The standard InChI is InChI=1S/C12H21NO5/c1-3-11(15)17-8-9(14)7-10(5-6-13)18-12(16)4-2/h6,9-10,13-14H,3-5,7-8H2,1-2H3/t9-,10+/m0/s1. The van der Waals surface area contributed by atoms with Gasteiger partial charge in [0.1, 0.15) is 12.7 Å². The quantitative estimate of drug-likeness (QED) is 0.476. The molecule has 0 amide bonds. The average Bonchev–Trinajstić information content (AvgIpc) is 2.35. The van der Waals surface area contributed by atoms with Crippen LogP contribution in [0.2, 0.25) is 0 Å². The summed E-state index contributed by atoms with van der Waals surface area (Å²) >= 11 is 0. The molecule has 0 radical (unpaired) electrons. The number of aliphatic hydroxyl groups is 1. The maximum atomic E-state index is 11.1. The predicted molar refractivity (Wildman–Crippen MR) is 65.4 cm³/mol. The van der Waals surface area contributed by atoms with Gasteiger partial charge in [0, 0.05) is 25.7 Å². The minimum atomic E-state index is -0.893. The van der Waals surface area contributed by atoms with Crippen molar-refractivity contribution in [1.29, 1.82) is 5.41 Å². The van der Waals surface area contributed by atoms with E-state index in [-0.39, 0.29) is 44.2 Å². The number of hydrogen-bond donors (Lipinski definition) is 2. The summed E-state index contributed by atoms with van der Waals surface area (Å²) in [6.45, 7) is 3.21. The Bertz CT molecular complexity index is 280. The van der Waals surface area contributed by atoms with Gasteiger partial charge >= 0.3 is 11.9 Å². The lowest BCUT2D eigenvalue weighted by atomic mass is 10.1. The fraction of sp³-hybridized carbons (Fsp3) is 0.750. The number of nitrogens with one attached hydrogen (secondary N) is 1. The van der Waals surface area contributed by atoms with Crippen LogP contribution in [0.3, 0.4) is 0 Å². The van der Waals surface area contributed by atoms with Crippen LogP contribution >= 0.6 is 0 Å². The van der Waals surface area contributed by atoms with Gasteiger partial charge in [0.15, 0.2) is 0 Å². The molecule has 0 aromatic heterocycles. The molecular weight excluding hydrogens is 238 g/mol. The van der Waals surface area contributed by atoms with Crippen LogP contribution in [0.25, 0.3) is 0 Å². The number of aliphatic hydroxyl groups excluding tert-OH is 1. The molecular formula is C12H21NO5. The molecule has 0 aliphatic carbocycles. The molecule has 0 heterocycles. The Kier molecular flexibility index (Phi) is 8.82. The van der Waals surface area contributed by atoms with Crippen molar-refractivity contribution >= 4 is 18.2 Å². The molecule has 18 heavy (non-hydrogen) atoms. The van der Waals surface area contributed by atoms with E-state index >= 15 is 0 Å². The predicted octanol–water partition coefficient (Wildman–Crippen LogP) is 1.05. The SMILES string of the molecule is CCC(=O)OC[C@@H](O)C[C@@H](CC=N)OC(=O)CC. The fourth-order valence-electron chi connectivity index (χ4n) is 1.26. The fourth-order valence-corrected chi connectivity index (χ4v) is 1.26. The molecule has 0 unspecified atom stereocenters. The molecule has 0 aromatic carbocycles. The van der Waals surface area contributed by atoms with Gasteiger partial charge in [-0.15, -0.1) is 0 Å². The Hall–Kier alpha value is -1.43. The number of esters is 2. The maximum absolute atomic E-state index is 11.1. The average molecular weight is 259 g/mol. The third-order valence-electron chi connectivity index (χ3n) is 2.23. The van der Waals surface area contributed by atoms with Gasteiger partial charge in [0.05, 0.1) is 6.10 Å². The number of hydrogen-bond acceptors (Lipinski definition) is 6. The van der Waals surface area contributed by atoms with Gasteiger partial charge in [0.2, 0.25) is 0 Å². The topological polar surface area (TPSA) is 96.7 Å². The van der Waals surface area contributed by atoms with Crippen molar-refractivity contribution in [2.75, 3.05) is 6.61 Å². The van der Waals surface area contributed by atoms with Crippen molar-refractivity contribution in [2.45, 2.75) is 51.7 Å². The lowest BCUT2D eigenvalue weighted by Crippen LogP contribution is -2.27. The highest BCUT2D eigenvalue weighted by Gasteiger charge is 2.18. The molecule has 0 bridgehead atoms. The van der Waals surface area contributed by atoms with Crippen LogP contribution < -0.4 is 0 Å². The second-order valence-corrected chi connectivity index (χ2v) is 3.83. The van der Waals surface area contributed by atoms with E-state index in [4.69, 9.17) is 14.9 Å². The van der Waals surface area contributed by atoms with Gasteiger partial charge in [-0.1, -0.05) is 13.8 Å². The molecule has 0 aromatic rings. The highest BCUT2D eigenvalue weighted by atomic mass is 16.5. The number of carbonyl (C=O) groups excluding carboxylic acids is 2. The van der Waals surface area contributed by atoms with Crippen molar-refractivity contribution in [1.82, 2.24) is 0 Å². The van der Waals surface area contributed by atoms with Gasteiger partial charge in [0.25, 0.3) is 0 Å². The molecule has 0 rings (SSSR count). The van der Waals surface area contributed by atoms with Crippen molar-refractivity contribution < 1.29 is 24.2 Å². The Morgan fingerprint density at radius 1 is 1.28 bits per heavy atom. The zero-order valence-corrected chi connectivity index (χ0v) is 10.8. The third-order valence-corrected chi connectivity index (χ3v) is 2.23. The van der Waals surface area contributed by atoms with Crippen molar-refractivity contribution in [3.8, 4) is 0 Å². The van der Waals surface area contributed by atoms with Crippen molar-refractivity contribution in [3.05, 3.63) is 0 Å². The largest absolute Gasteiger partial charge is 0.463 e. The summed E-state index contributed by atoms with van der Waals surface area (Å²) in [6.07, 6.45) is 0.568. The summed E-state index contributed by atoms with van der Waals surface area (Å²) in [6, 6.07) is 0. The van der Waals surface area contributed by atoms with Crippen molar-refractivity contribution in [2.24, 2.45) is 0 Å². The van der Waals surface area contributed by atoms with Crippen molar-refractivity contribution in [3.63, 3.8) is 0 Å². The van der Waals surface area contributed by atoms with E-state index in [0.717, 1.165) is 6.21 Å².